The summed E-state index contributed by atoms with van der Waals surface area (Å²) in [5.41, 5.74) is 5.35. The van der Waals surface area contributed by atoms with Crippen molar-refractivity contribution in [3.63, 3.8) is 0 Å². The maximum absolute atomic E-state index is 12.5. The fourth-order valence-corrected chi connectivity index (χ4v) is 5.81. The number of carbonyl (C=O) groups excluding carboxylic acids is 1. The maximum Gasteiger partial charge on any atom is 0.235 e. The number of anilines is 1. The molecule has 7 heteroatoms. The lowest BCUT2D eigenvalue weighted by Gasteiger charge is -2.17. The summed E-state index contributed by atoms with van der Waals surface area (Å²) in [6.45, 7) is 4.12. The molecule has 0 saturated carbocycles. The van der Waals surface area contributed by atoms with Crippen LogP contribution in [0.3, 0.4) is 0 Å². The van der Waals surface area contributed by atoms with Crippen LogP contribution in [0.5, 0.6) is 0 Å². The van der Waals surface area contributed by atoms with Crippen molar-refractivity contribution in [2.75, 3.05) is 11.1 Å². The van der Waals surface area contributed by atoms with Crippen LogP contribution in [-0.2, 0) is 4.79 Å². The summed E-state index contributed by atoms with van der Waals surface area (Å²) < 4.78 is 2.90. The number of amides is 1. The van der Waals surface area contributed by atoms with Crippen molar-refractivity contribution in [1.82, 2.24) is 14.8 Å². The molecule has 4 aromatic rings. The summed E-state index contributed by atoms with van der Waals surface area (Å²) in [5, 5.41) is 8.68. The molecule has 5 nitrogen and oxygen atoms in total. The van der Waals surface area contributed by atoms with Crippen LogP contribution in [0.1, 0.15) is 27.6 Å². The zero-order valence-electron chi connectivity index (χ0n) is 15.5. The van der Waals surface area contributed by atoms with Gasteiger partial charge in [-0.1, -0.05) is 47.7 Å². The fourth-order valence-electron chi connectivity index (χ4n) is 3.60. The summed E-state index contributed by atoms with van der Waals surface area (Å²) >= 11 is 3.22. The number of rotatable bonds is 2. The number of hydrogen-bond donors (Lipinski definition) is 1. The first-order valence-corrected chi connectivity index (χ1v) is 10.9. The molecule has 0 fully saturated rings. The average Bonchev–Trinajstić information content (AvgIpc) is 3.19. The third kappa shape index (κ3) is 2.82. The highest BCUT2D eigenvalue weighted by atomic mass is 32.2. The highest BCUT2D eigenvalue weighted by Gasteiger charge is 2.31. The molecule has 3 heterocycles. The number of carbonyl (C=O) groups is 1. The van der Waals surface area contributed by atoms with Gasteiger partial charge in [-0.2, -0.15) is 9.78 Å². The molecule has 1 N–H and O–H groups in total. The van der Waals surface area contributed by atoms with Gasteiger partial charge in [0.2, 0.25) is 11.0 Å². The topological polar surface area (TPSA) is 59.8 Å². The Kier molecular flexibility index (Phi) is 4.21. The lowest BCUT2D eigenvalue weighted by atomic mass is 10.00. The second-order valence-electron chi connectivity index (χ2n) is 6.82. The molecule has 1 aliphatic rings. The van der Waals surface area contributed by atoms with Gasteiger partial charge in [-0.15, -0.1) is 11.8 Å². The largest absolute Gasteiger partial charge is 0.310 e. The van der Waals surface area contributed by atoms with Crippen LogP contribution in [0, 0.1) is 13.8 Å². The van der Waals surface area contributed by atoms with Gasteiger partial charge < -0.3 is 5.32 Å². The minimum Gasteiger partial charge on any atom is -0.310 e. The van der Waals surface area contributed by atoms with E-state index in [-0.39, 0.29) is 11.2 Å². The molecule has 0 radical (unpaired) electrons. The number of nitrogens with zero attached hydrogens (tertiary/aromatic N) is 3. The number of aromatic nitrogens is 3. The van der Waals surface area contributed by atoms with Gasteiger partial charge in [-0.25, -0.2) is 4.98 Å². The summed E-state index contributed by atoms with van der Waals surface area (Å²) in [4.78, 5) is 17.2. The van der Waals surface area contributed by atoms with Gasteiger partial charge in [-0.3, -0.25) is 4.79 Å². The smallest absolute Gasteiger partial charge is 0.235 e. The Morgan fingerprint density at radius 2 is 1.89 bits per heavy atom. The van der Waals surface area contributed by atoms with Crippen LogP contribution in [-0.4, -0.2) is 26.4 Å². The number of fused-ring (bicyclic) bond motifs is 2. The van der Waals surface area contributed by atoms with Gasteiger partial charge in [0.1, 0.15) is 5.82 Å². The Bertz CT molecular complexity index is 1180. The first kappa shape index (κ1) is 17.5. The number of para-hydroxylation sites is 1. The van der Waals surface area contributed by atoms with E-state index in [9.17, 15) is 4.79 Å². The number of benzene rings is 2. The monoisotopic (exact) mass is 406 g/mol. The first-order chi connectivity index (χ1) is 13.6. The van der Waals surface area contributed by atoms with E-state index in [0.717, 1.165) is 32.4 Å². The maximum atomic E-state index is 12.5. The molecule has 0 spiro atoms. The molecule has 2 aromatic carbocycles. The molecule has 140 valence electrons. The molecule has 2 aromatic heterocycles. The van der Waals surface area contributed by atoms with Crippen molar-refractivity contribution in [2.45, 2.75) is 19.1 Å². The van der Waals surface area contributed by atoms with Crippen LogP contribution in [0.2, 0.25) is 0 Å². The highest BCUT2D eigenvalue weighted by molar-refractivity contribution is 8.00. The first-order valence-electron chi connectivity index (χ1n) is 9.04. The number of thiazole rings is 1. The van der Waals surface area contributed by atoms with Crippen molar-refractivity contribution in [2.24, 2.45) is 0 Å². The predicted octanol–water partition coefficient (Wildman–Crippen LogP) is 4.87. The van der Waals surface area contributed by atoms with Crippen LogP contribution in [0.15, 0.2) is 48.5 Å². The Morgan fingerprint density at radius 1 is 1.11 bits per heavy atom. The van der Waals surface area contributed by atoms with E-state index in [1.54, 1.807) is 27.8 Å². The van der Waals surface area contributed by atoms with Crippen LogP contribution >= 0.6 is 23.1 Å². The number of aryl methyl sites for hydroxylation is 2. The molecule has 1 aliphatic heterocycles. The highest BCUT2D eigenvalue weighted by Crippen LogP contribution is 2.45. The Morgan fingerprint density at radius 3 is 2.71 bits per heavy atom. The second kappa shape index (κ2) is 6.76. The third-order valence-electron chi connectivity index (χ3n) is 4.94. The Balaban J connectivity index is 1.71. The minimum atomic E-state index is -0.00963. The van der Waals surface area contributed by atoms with E-state index in [0.29, 0.717) is 5.75 Å². The van der Waals surface area contributed by atoms with E-state index >= 15 is 0 Å². The van der Waals surface area contributed by atoms with Crippen molar-refractivity contribution < 1.29 is 4.79 Å². The zero-order chi connectivity index (χ0) is 19.3. The lowest BCUT2D eigenvalue weighted by molar-refractivity contribution is -0.113. The van der Waals surface area contributed by atoms with E-state index in [4.69, 9.17) is 10.1 Å². The summed E-state index contributed by atoms with van der Waals surface area (Å²) in [7, 11) is 0. The Hall–Kier alpha value is -2.64. The van der Waals surface area contributed by atoms with Gasteiger partial charge >= 0.3 is 0 Å². The van der Waals surface area contributed by atoms with Gasteiger partial charge in [0.15, 0.2) is 0 Å². The molecule has 0 unspecified atom stereocenters. The molecular formula is C21H18N4OS2. The number of thioether (sulfide) groups is 1. The molecule has 1 atom stereocenters. The molecule has 0 aliphatic carbocycles. The molecule has 0 bridgehead atoms. The van der Waals surface area contributed by atoms with Crippen molar-refractivity contribution in [3.8, 4) is 5.13 Å². The third-order valence-corrected chi connectivity index (χ3v) is 7.21. The molecule has 1 amide bonds. The zero-order valence-corrected chi connectivity index (χ0v) is 17.1. The normalized spacial score (nSPS) is 16.6. The van der Waals surface area contributed by atoms with E-state index < -0.39 is 0 Å². The number of hydrogen-bond acceptors (Lipinski definition) is 5. The van der Waals surface area contributed by atoms with E-state index in [2.05, 4.69) is 36.5 Å². The molecule has 5 rings (SSSR count). The van der Waals surface area contributed by atoms with Crippen molar-refractivity contribution in [3.05, 3.63) is 70.9 Å². The minimum absolute atomic E-state index is 0.00963. The average molecular weight is 407 g/mol. The standard InChI is InChI=1S/C21H18N4OS2/c1-12-7-3-4-8-14(12)19-18-13(2)24-25(20(18)23-17(26)11-27-19)21-22-15-9-5-6-10-16(15)28-21/h3-10,19H,11H2,1-2H3,(H,23,26)/t19-/m0/s1. The summed E-state index contributed by atoms with van der Waals surface area (Å²) in [6, 6.07) is 16.4. The van der Waals surface area contributed by atoms with Crippen LogP contribution in [0.25, 0.3) is 15.3 Å². The van der Waals surface area contributed by atoms with Gasteiger partial charge in [0, 0.05) is 5.56 Å². The van der Waals surface area contributed by atoms with E-state index in [1.165, 1.54) is 11.1 Å². The van der Waals surface area contributed by atoms with Crippen molar-refractivity contribution in [1.29, 1.82) is 0 Å². The summed E-state index contributed by atoms with van der Waals surface area (Å²) in [6.07, 6.45) is 0. The van der Waals surface area contributed by atoms with Crippen LogP contribution in [0.4, 0.5) is 5.82 Å². The fraction of sp³-hybridized carbons (Fsp3) is 0.190. The SMILES string of the molecule is Cc1ccccc1[C@@H]1SCC(=O)Nc2c1c(C)nn2-c1nc2ccccc2s1. The molecule has 28 heavy (non-hydrogen) atoms. The predicted molar refractivity (Wildman–Crippen MR) is 116 cm³/mol. The van der Waals surface area contributed by atoms with Crippen LogP contribution < -0.4 is 5.32 Å². The van der Waals surface area contributed by atoms with Gasteiger partial charge in [-0.05, 0) is 37.1 Å². The summed E-state index contributed by atoms with van der Waals surface area (Å²) in [5.74, 6) is 1.14. The number of nitrogens with one attached hydrogen (secondary N) is 1. The Labute approximate surface area is 170 Å². The van der Waals surface area contributed by atoms with E-state index in [1.807, 2.05) is 31.2 Å². The second-order valence-corrected chi connectivity index (χ2v) is 8.92. The van der Waals surface area contributed by atoms with Crippen molar-refractivity contribution >= 4 is 45.0 Å². The quantitative estimate of drug-likeness (QED) is 0.516. The van der Waals surface area contributed by atoms with Gasteiger partial charge in [0.05, 0.1) is 26.9 Å². The van der Waals surface area contributed by atoms with Gasteiger partial charge in [0.25, 0.3) is 0 Å². The molecule has 0 saturated heterocycles. The molecular weight excluding hydrogens is 388 g/mol. The lowest BCUT2D eigenvalue weighted by Crippen LogP contribution is -2.15.